The van der Waals surface area contributed by atoms with Crippen molar-refractivity contribution in [2.75, 3.05) is 0 Å². The van der Waals surface area contributed by atoms with Crippen LogP contribution in [0.2, 0.25) is 0 Å². The van der Waals surface area contributed by atoms with Crippen molar-refractivity contribution in [1.82, 2.24) is 0 Å². The SMILES string of the molecule is CC.CC.CCC1CC(CC)C2C3CC(CC3C(=O)OC(C)(C)C)C12. The van der Waals surface area contributed by atoms with E-state index in [9.17, 15) is 4.79 Å². The van der Waals surface area contributed by atoms with Gasteiger partial charge in [-0.3, -0.25) is 4.79 Å². The van der Waals surface area contributed by atoms with Crippen molar-refractivity contribution < 1.29 is 9.53 Å². The summed E-state index contributed by atoms with van der Waals surface area (Å²) in [5.74, 6) is 5.23. The Labute approximate surface area is 157 Å². The minimum Gasteiger partial charge on any atom is -0.460 e. The maximum Gasteiger partial charge on any atom is 0.309 e. The van der Waals surface area contributed by atoms with Gasteiger partial charge in [-0.25, -0.2) is 0 Å². The first-order valence-electron chi connectivity index (χ1n) is 11.1. The first kappa shape index (κ1) is 22.5. The second-order valence-electron chi connectivity index (χ2n) is 8.76. The molecule has 2 heteroatoms. The fraction of sp³-hybridized carbons (Fsp3) is 0.957. The first-order valence-corrected chi connectivity index (χ1v) is 11.1. The van der Waals surface area contributed by atoms with E-state index in [4.69, 9.17) is 4.74 Å². The highest BCUT2D eigenvalue weighted by atomic mass is 16.6. The second-order valence-corrected chi connectivity index (χ2v) is 8.76. The van der Waals surface area contributed by atoms with Gasteiger partial charge in [0.05, 0.1) is 5.92 Å². The van der Waals surface area contributed by atoms with Crippen LogP contribution in [0.15, 0.2) is 0 Å². The molecule has 0 aliphatic heterocycles. The molecule has 0 aromatic heterocycles. The normalized spacial score (nSPS) is 38.2. The molecule has 0 spiro atoms. The molecule has 25 heavy (non-hydrogen) atoms. The summed E-state index contributed by atoms with van der Waals surface area (Å²) < 4.78 is 5.71. The van der Waals surface area contributed by atoms with Crippen molar-refractivity contribution in [1.29, 1.82) is 0 Å². The summed E-state index contributed by atoms with van der Waals surface area (Å²) in [4.78, 5) is 12.6. The number of fused-ring (bicyclic) bond motifs is 5. The number of rotatable bonds is 3. The molecular formula is C23H44O2. The van der Waals surface area contributed by atoms with Gasteiger partial charge in [-0.2, -0.15) is 0 Å². The fourth-order valence-corrected chi connectivity index (χ4v) is 6.04. The first-order chi connectivity index (χ1) is 11.9. The van der Waals surface area contributed by atoms with E-state index < -0.39 is 0 Å². The summed E-state index contributed by atoms with van der Waals surface area (Å²) in [6, 6.07) is 0. The highest BCUT2D eigenvalue weighted by Gasteiger charge is 2.61. The van der Waals surface area contributed by atoms with Crippen LogP contribution in [0.5, 0.6) is 0 Å². The molecule has 0 heterocycles. The zero-order valence-corrected chi connectivity index (χ0v) is 18.4. The van der Waals surface area contributed by atoms with Crippen LogP contribution in [0.4, 0.5) is 0 Å². The lowest BCUT2D eigenvalue weighted by Crippen LogP contribution is -2.37. The number of hydrogen-bond acceptors (Lipinski definition) is 2. The molecule has 2 nitrogen and oxygen atoms in total. The molecule has 2 bridgehead atoms. The standard InChI is InChI=1S/C19H32O2.2C2H6/c1-6-11-8-12(7-2)17-14-9-13(16(11)17)10-15(14)18(20)21-19(3,4)5;2*1-2/h11-17H,6-10H2,1-5H3;2*1-2H3. The van der Waals surface area contributed by atoms with E-state index in [-0.39, 0.29) is 17.5 Å². The highest BCUT2D eigenvalue weighted by Crippen LogP contribution is 2.65. The lowest BCUT2D eigenvalue weighted by atomic mass is 9.70. The number of esters is 1. The van der Waals surface area contributed by atoms with Gasteiger partial charge in [0.2, 0.25) is 0 Å². The third kappa shape index (κ3) is 4.61. The monoisotopic (exact) mass is 352 g/mol. The van der Waals surface area contributed by atoms with Gasteiger partial charge in [0.25, 0.3) is 0 Å². The third-order valence-electron chi connectivity index (χ3n) is 6.58. The molecule has 148 valence electrons. The van der Waals surface area contributed by atoms with Crippen LogP contribution in [0.3, 0.4) is 0 Å². The number of hydrogen-bond donors (Lipinski definition) is 0. The predicted octanol–water partition coefficient (Wildman–Crippen LogP) is 6.73. The maximum absolute atomic E-state index is 12.6. The van der Waals surface area contributed by atoms with E-state index in [2.05, 4.69) is 13.8 Å². The molecule has 0 saturated heterocycles. The van der Waals surface area contributed by atoms with Crippen LogP contribution in [-0.4, -0.2) is 11.6 Å². The topological polar surface area (TPSA) is 26.3 Å². The van der Waals surface area contributed by atoms with E-state index in [1.807, 2.05) is 48.5 Å². The lowest BCUT2D eigenvalue weighted by molar-refractivity contribution is -0.163. The molecule has 0 aromatic carbocycles. The Morgan fingerprint density at radius 1 is 0.880 bits per heavy atom. The molecule has 0 aromatic rings. The van der Waals surface area contributed by atoms with Gasteiger partial charge in [-0.1, -0.05) is 54.4 Å². The van der Waals surface area contributed by atoms with E-state index in [1.165, 1.54) is 25.7 Å². The molecule has 0 amide bonds. The maximum atomic E-state index is 12.6. The van der Waals surface area contributed by atoms with Gasteiger partial charge >= 0.3 is 5.97 Å². The summed E-state index contributed by atoms with van der Waals surface area (Å²) in [6.45, 7) is 18.7. The van der Waals surface area contributed by atoms with Crippen molar-refractivity contribution >= 4 is 5.97 Å². The van der Waals surface area contributed by atoms with Crippen LogP contribution in [0, 0.1) is 41.4 Å². The van der Waals surface area contributed by atoms with Crippen molar-refractivity contribution in [2.24, 2.45) is 41.4 Å². The molecule has 3 aliphatic carbocycles. The summed E-state index contributed by atoms with van der Waals surface area (Å²) in [5.41, 5.74) is -0.343. The van der Waals surface area contributed by atoms with Gasteiger partial charge in [0.1, 0.15) is 5.60 Å². The Bertz CT molecular complexity index is 409. The van der Waals surface area contributed by atoms with Crippen LogP contribution in [0.1, 0.15) is 94.4 Å². The van der Waals surface area contributed by atoms with E-state index in [0.717, 1.165) is 36.0 Å². The van der Waals surface area contributed by atoms with Crippen LogP contribution < -0.4 is 0 Å². The molecule has 0 radical (unpaired) electrons. The zero-order valence-electron chi connectivity index (χ0n) is 18.4. The smallest absolute Gasteiger partial charge is 0.309 e. The van der Waals surface area contributed by atoms with Gasteiger partial charge in [0, 0.05) is 0 Å². The van der Waals surface area contributed by atoms with E-state index in [0.29, 0.717) is 5.92 Å². The summed E-state index contributed by atoms with van der Waals surface area (Å²) in [6.07, 6.45) is 6.44. The minimum atomic E-state index is -0.343. The quantitative estimate of drug-likeness (QED) is 0.527. The summed E-state index contributed by atoms with van der Waals surface area (Å²) in [5, 5.41) is 0. The van der Waals surface area contributed by atoms with Gasteiger partial charge in [-0.05, 0) is 75.5 Å². The molecule has 3 fully saturated rings. The Morgan fingerprint density at radius 2 is 1.40 bits per heavy atom. The molecule has 3 aliphatic rings. The van der Waals surface area contributed by atoms with Gasteiger partial charge in [0.15, 0.2) is 0 Å². The molecule has 3 rings (SSSR count). The largest absolute Gasteiger partial charge is 0.460 e. The number of carbonyl (C=O) groups excluding carboxylic acids is 1. The van der Waals surface area contributed by atoms with Crippen LogP contribution >= 0.6 is 0 Å². The number of ether oxygens (including phenoxy) is 1. The van der Waals surface area contributed by atoms with Gasteiger partial charge in [-0.15, -0.1) is 0 Å². The fourth-order valence-electron chi connectivity index (χ4n) is 6.04. The molecule has 7 unspecified atom stereocenters. The predicted molar refractivity (Wildman–Crippen MR) is 107 cm³/mol. The Hall–Kier alpha value is -0.530. The Morgan fingerprint density at radius 3 is 1.88 bits per heavy atom. The van der Waals surface area contributed by atoms with Crippen molar-refractivity contribution in [3.63, 3.8) is 0 Å². The molecule has 7 atom stereocenters. The average Bonchev–Trinajstić information content (AvgIpc) is 3.27. The molecule has 3 saturated carbocycles. The van der Waals surface area contributed by atoms with Crippen molar-refractivity contribution in [2.45, 2.75) is 100 Å². The Balaban J connectivity index is 0.000000730. The van der Waals surface area contributed by atoms with Crippen LogP contribution in [0.25, 0.3) is 0 Å². The van der Waals surface area contributed by atoms with Gasteiger partial charge < -0.3 is 4.74 Å². The lowest BCUT2D eigenvalue weighted by Gasteiger charge is -2.35. The Kier molecular flexibility index (Phi) is 8.48. The summed E-state index contributed by atoms with van der Waals surface area (Å²) >= 11 is 0. The number of carbonyl (C=O) groups is 1. The second kappa shape index (κ2) is 9.42. The molecular weight excluding hydrogens is 308 g/mol. The average molecular weight is 353 g/mol. The zero-order chi connectivity index (χ0) is 19.4. The highest BCUT2D eigenvalue weighted by molar-refractivity contribution is 5.74. The van der Waals surface area contributed by atoms with E-state index in [1.54, 1.807) is 0 Å². The van der Waals surface area contributed by atoms with Crippen molar-refractivity contribution in [3.05, 3.63) is 0 Å². The molecule has 0 N–H and O–H groups in total. The van der Waals surface area contributed by atoms with Crippen LogP contribution in [-0.2, 0) is 9.53 Å². The third-order valence-corrected chi connectivity index (χ3v) is 6.58. The minimum absolute atomic E-state index is 0.0863. The van der Waals surface area contributed by atoms with E-state index >= 15 is 0 Å². The van der Waals surface area contributed by atoms with Crippen molar-refractivity contribution in [3.8, 4) is 0 Å². The summed E-state index contributed by atoms with van der Waals surface area (Å²) in [7, 11) is 0.